The lowest BCUT2D eigenvalue weighted by Gasteiger charge is -2.69. The Hall–Kier alpha value is -1.68. The molecule has 0 spiro atoms. The van der Waals surface area contributed by atoms with Crippen molar-refractivity contribution in [2.24, 2.45) is 51.6 Å². The molecule has 5 aliphatic carbocycles. The Morgan fingerprint density at radius 3 is 2.35 bits per heavy atom. The predicted octanol–water partition coefficient (Wildman–Crippen LogP) is 7.69. The maximum Gasteiger partial charge on any atom is 0.247 e. The second-order valence-electron chi connectivity index (χ2n) is 16.0. The number of nitrogens with two attached hydrogens (primary N) is 1. The van der Waals surface area contributed by atoms with Gasteiger partial charge >= 0.3 is 0 Å². The van der Waals surface area contributed by atoms with E-state index in [9.17, 15) is 9.59 Å². The van der Waals surface area contributed by atoms with Gasteiger partial charge in [-0.25, -0.2) is 0 Å². The Balaban J connectivity index is 1.50. The molecule has 3 N–H and O–H groups in total. The van der Waals surface area contributed by atoms with Crippen LogP contribution in [0.3, 0.4) is 0 Å². The van der Waals surface area contributed by atoms with Crippen molar-refractivity contribution in [3.63, 3.8) is 0 Å². The molecule has 0 aliphatic heterocycles. The van der Waals surface area contributed by atoms with Gasteiger partial charge in [0.15, 0.2) is 5.78 Å². The van der Waals surface area contributed by atoms with Gasteiger partial charge in [-0.1, -0.05) is 59.8 Å². The summed E-state index contributed by atoms with van der Waals surface area (Å²) in [6.45, 7) is 22.6. The standard InChI is InChI=1S/C36H56N2O2/c1-10-22(4)19-23(5)32(40)38-36-18-13-25-24(31(36)30(21(2)3)26(39)20-36)11-12-28-34(25,8)16-14-27-33(6,7)29(37)15-17-35(27,28)9/h10,21,24-25,27-29H,5,11-20,37H2,1-4,6-9H3,(H,38,40)/b22-10-. The van der Waals surface area contributed by atoms with E-state index in [1.807, 2.05) is 19.9 Å². The van der Waals surface area contributed by atoms with Crippen LogP contribution in [-0.2, 0) is 9.59 Å². The summed E-state index contributed by atoms with van der Waals surface area (Å²) in [4.78, 5) is 27.2. The molecule has 222 valence electrons. The lowest BCUT2D eigenvalue weighted by atomic mass is 9.36. The average molecular weight is 549 g/mol. The van der Waals surface area contributed by atoms with Crippen molar-refractivity contribution in [3.8, 4) is 0 Å². The van der Waals surface area contributed by atoms with Gasteiger partial charge in [0.25, 0.3) is 0 Å². The summed E-state index contributed by atoms with van der Waals surface area (Å²) in [7, 11) is 0. The fraction of sp³-hybridized carbons (Fsp3) is 0.778. The van der Waals surface area contributed by atoms with Crippen molar-refractivity contribution >= 4 is 11.7 Å². The predicted molar refractivity (Wildman–Crippen MR) is 164 cm³/mol. The Morgan fingerprint density at radius 2 is 1.70 bits per heavy atom. The highest BCUT2D eigenvalue weighted by Gasteiger charge is 2.66. The zero-order valence-corrected chi connectivity index (χ0v) is 26.7. The van der Waals surface area contributed by atoms with E-state index in [1.165, 1.54) is 31.3 Å². The first-order valence-electron chi connectivity index (χ1n) is 16.3. The van der Waals surface area contributed by atoms with Gasteiger partial charge in [0.05, 0.1) is 5.54 Å². The number of carbonyl (C=O) groups excluding carboxylic acids is 2. The zero-order valence-electron chi connectivity index (χ0n) is 26.7. The number of Topliss-reactive ketones (excluding diaryl/α,β-unsaturated/α-hetero) is 1. The SMILES string of the molecule is C=C(C/C(C)=C\C)C(=O)NC12CCC3C(CCC4C3(C)CCC3C(C)(C)C(N)CCC34C)C1=C(C(C)C)C(=O)C2. The molecule has 4 nitrogen and oxygen atoms in total. The van der Waals surface area contributed by atoms with Crippen molar-refractivity contribution in [3.05, 3.63) is 34.9 Å². The molecule has 0 aromatic heterocycles. The van der Waals surface area contributed by atoms with Gasteiger partial charge in [0.2, 0.25) is 5.91 Å². The van der Waals surface area contributed by atoms with E-state index in [0.717, 1.165) is 36.8 Å². The molecule has 1 amide bonds. The molecule has 0 radical (unpaired) electrons. The van der Waals surface area contributed by atoms with Crippen LogP contribution in [0.25, 0.3) is 0 Å². The molecular formula is C36H56N2O2. The maximum absolute atomic E-state index is 13.7. The summed E-state index contributed by atoms with van der Waals surface area (Å²) < 4.78 is 0. The van der Waals surface area contributed by atoms with E-state index in [0.29, 0.717) is 53.5 Å². The average Bonchev–Trinajstić information content (AvgIpc) is 3.18. The molecule has 0 aromatic carbocycles. The molecule has 4 saturated carbocycles. The van der Waals surface area contributed by atoms with Crippen LogP contribution in [0.4, 0.5) is 0 Å². The highest BCUT2D eigenvalue weighted by atomic mass is 16.2. The van der Waals surface area contributed by atoms with Crippen molar-refractivity contribution in [2.45, 2.75) is 131 Å². The van der Waals surface area contributed by atoms with Crippen molar-refractivity contribution in [1.29, 1.82) is 0 Å². The molecule has 0 bridgehead atoms. The fourth-order valence-corrected chi connectivity index (χ4v) is 11.3. The lowest BCUT2D eigenvalue weighted by molar-refractivity contribution is -0.181. The van der Waals surface area contributed by atoms with Gasteiger partial charge < -0.3 is 11.1 Å². The monoisotopic (exact) mass is 548 g/mol. The van der Waals surface area contributed by atoms with Crippen molar-refractivity contribution < 1.29 is 9.59 Å². The molecule has 0 heterocycles. The zero-order chi connectivity index (χ0) is 29.4. The Bertz CT molecular complexity index is 1160. The van der Waals surface area contributed by atoms with E-state index >= 15 is 0 Å². The minimum Gasteiger partial charge on any atom is -0.343 e. The van der Waals surface area contributed by atoms with Gasteiger partial charge in [-0.2, -0.15) is 0 Å². The van der Waals surface area contributed by atoms with Crippen LogP contribution in [0.5, 0.6) is 0 Å². The number of hydrogen-bond acceptors (Lipinski definition) is 3. The number of ketones is 1. The van der Waals surface area contributed by atoms with Gasteiger partial charge in [-0.3, -0.25) is 9.59 Å². The third-order valence-corrected chi connectivity index (χ3v) is 13.4. The first-order chi connectivity index (χ1) is 18.6. The van der Waals surface area contributed by atoms with Crippen LogP contribution in [0.15, 0.2) is 34.9 Å². The first kappa shape index (κ1) is 29.8. The van der Waals surface area contributed by atoms with Crippen LogP contribution in [0.1, 0.15) is 120 Å². The number of carbonyl (C=O) groups is 2. The Labute approximate surface area is 244 Å². The molecule has 5 aliphatic rings. The van der Waals surface area contributed by atoms with Crippen molar-refractivity contribution in [1.82, 2.24) is 5.32 Å². The third kappa shape index (κ3) is 4.24. The largest absolute Gasteiger partial charge is 0.343 e. The van der Waals surface area contributed by atoms with Gasteiger partial charge in [-0.15, -0.1) is 0 Å². The molecule has 4 heteroatoms. The van der Waals surface area contributed by atoms with Crippen LogP contribution < -0.4 is 11.1 Å². The molecule has 5 rings (SSSR count). The van der Waals surface area contributed by atoms with Gasteiger partial charge in [0, 0.05) is 18.0 Å². The second kappa shape index (κ2) is 9.96. The number of rotatable bonds is 5. The smallest absolute Gasteiger partial charge is 0.247 e. The number of hydrogen-bond donors (Lipinski definition) is 2. The normalized spacial score (nSPS) is 42.6. The highest BCUT2D eigenvalue weighted by Crippen LogP contribution is 2.71. The third-order valence-electron chi connectivity index (χ3n) is 13.4. The van der Waals surface area contributed by atoms with Crippen LogP contribution in [-0.4, -0.2) is 23.3 Å². The Kier molecular flexibility index (Phi) is 7.42. The first-order valence-corrected chi connectivity index (χ1v) is 16.3. The molecule has 40 heavy (non-hydrogen) atoms. The molecule has 4 fully saturated rings. The van der Waals surface area contributed by atoms with E-state index in [1.54, 1.807) is 0 Å². The molecule has 0 aromatic rings. The number of allylic oxidation sites excluding steroid dienone is 3. The second-order valence-corrected chi connectivity index (χ2v) is 16.0. The molecule has 8 unspecified atom stereocenters. The number of nitrogens with one attached hydrogen (secondary N) is 1. The number of amides is 1. The summed E-state index contributed by atoms with van der Waals surface area (Å²) in [6, 6.07) is 0.291. The van der Waals surface area contributed by atoms with E-state index < -0.39 is 5.54 Å². The van der Waals surface area contributed by atoms with Crippen molar-refractivity contribution in [2.75, 3.05) is 0 Å². The summed E-state index contributed by atoms with van der Waals surface area (Å²) in [5, 5.41) is 3.47. The topological polar surface area (TPSA) is 72.2 Å². The minimum atomic E-state index is -0.536. The number of fused-ring (bicyclic) bond motifs is 7. The van der Waals surface area contributed by atoms with Gasteiger partial charge in [-0.05, 0) is 129 Å². The van der Waals surface area contributed by atoms with Crippen LogP contribution >= 0.6 is 0 Å². The van der Waals surface area contributed by atoms with E-state index in [2.05, 4.69) is 53.4 Å². The molecular weight excluding hydrogens is 492 g/mol. The Morgan fingerprint density at radius 1 is 1.02 bits per heavy atom. The summed E-state index contributed by atoms with van der Waals surface area (Å²) in [5.74, 6) is 2.66. The quantitative estimate of drug-likeness (QED) is 0.273. The summed E-state index contributed by atoms with van der Waals surface area (Å²) in [6.07, 6.45) is 12.2. The summed E-state index contributed by atoms with van der Waals surface area (Å²) >= 11 is 0. The lowest BCUT2D eigenvalue weighted by Crippen LogP contribution is -2.64. The maximum atomic E-state index is 13.7. The summed E-state index contributed by atoms with van der Waals surface area (Å²) in [5.41, 5.74) is 11.0. The highest BCUT2D eigenvalue weighted by molar-refractivity contribution is 6.03. The van der Waals surface area contributed by atoms with Crippen LogP contribution in [0, 0.1) is 45.8 Å². The van der Waals surface area contributed by atoms with Crippen LogP contribution in [0.2, 0.25) is 0 Å². The van der Waals surface area contributed by atoms with E-state index in [-0.39, 0.29) is 28.4 Å². The minimum absolute atomic E-state index is 0.0800. The fourth-order valence-electron chi connectivity index (χ4n) is 11.3. The van der Waals surface area contributed by atoms with Gasteiger partial charge in [0.1, 0.15) is 0 Å². The van der Waals surface area contributed by atoms with E-state index in [4.69, 9.17) is 5.73 Å². The molecule has 8 atom stereocenters. The molecule has 0 saturated heterocycles.